The molecule has 7 heteroatoms. The fraction of sp³-hybridized carbons (Fsp3) is 0.400. The predicted molar refractivity (Wildman–Crippen MR) is 68.4 cm³/mol. The molecule has 0 unspecified atom stereocenters. The second-order valence-electron chi connectivity index (χ2n) is 2.56. The van der Waals surface area contributed by atoms with Crippen LogP contribution in [0.15, 0.2) is 18.2 Å². The van der Waals surface area contributed by atoms with Crippen LogP contribution in [0.4, 0.5) is 10.1 Å². The molecule has 0 aliphatic carbocycles. The number of hydrogen-bond acceptors (Lipinski definition) is 4. The summed E-state index contributed by atoms with van der Waals surface area (Å²) in [5.41, 5.74) is 0.195. The van der Waals surface area contributed by atoms with Gasteiger partial charge < -0.3 is 5.48 Å². The summed E-state index contributed by atoms with van der Waals surface area (Å²) in [5.74, 6) is -0.555. The van der Waals surface area contributed by atoms with Crippen molar-refractivity contribution in [2.45, 2.75) is 20.4 Å². The van der Waals surface area contributed by atoms with Gasteiger partial charge in [0.1, 0.15) is 5.82 Å². The van der Waals surface area contributed by atoms with E-state index in [1.165, 1.54) is 24.1 Å². The monoisotopic (exact) mass is 264 g/mol. The first kappa shape index (κ1) is 18.2. The lowest BCUT2D eigenvalue weighted by molar-refractivity contribution is -0.385. The first-order valence-corrected chi connectivity index (χ1v) is 6.06. The number of nitrogens with one attached hydrogen (secondary N) is 1. The van der Waals surface area contributed by atoms with Crippen molar-refractivity contribution in [3.63, 3.8) is 0 Å². The zero-order valence-electron chi connectivity index (χ0n) is 9.99. The molecule has 1 aromatic rings. The SMILES string of the molecule is CC.CSNCc1ccc([N+](=O)[O-])cc1F.O. The Morgan fingerprint density at radius 1 is 1.47 bits per heavy atom. The molecule has 0 aromatic heterocycles. The molecule has 0 amide bonds. The Bertz CT molecular complexity index is 350. The summed E-state index contributed by atoms with van der Waals surface area (Å²) < 4.78 is 16.0. The average Bonchev–Trinajstić information content (AvgIpc) is 2.30. The van der Waals surface area contributed by atoms with Crippen LogP contribution in [-0.4, -0.2) is 16.7 Å². The van der Waals surface area contributed by atoms with E-state index >= 15 is 0 Å². The summed E-state index contributed by atoms with van der Waals surface area (Å²) in [6.07, 6.45) is 1.82. The van der Waals surface area contributed by atoms with E-state index in [4.69, 9.17) is 0 Å². The number of nitrogens with zero attached hydrogens (tertiary/aromatic N) is 1. The maximum Gasteiger partial charge on any atom is 0.272 e. The highest BCUT2D eigenvalue weighted by molar-refractivity contribution is 7.96. The van der Waals surface area contributed by atoms with Crippen molar-refractivity contribution < 1.29 is 14.8 Å². The van der Waals surface area contributed by atoms with Gasteiger partial charge in [-0.15, -0.1) is 0 Å². The van der Waals surface area contributed by atoms with E-state index in [-0.39, 0.29) is 11.2 Å². The second kappa shape index (κ2) is 10.0. The Morgan fingerprint density at radius 3 is 2.47 bits per heavy atom. The normalized spacial score (nSPS) is 8.71. The second-order valence-corrected chi connectivity index (χ2v) is 3.25. The smallest absolute Gasteiger partial charge is 0.272 e. The molecule has 5 nitrogen and oxygen atoms in total. The summed E-state index contributed by atoms with van der Waals surface area (Å²) in [7, 11) is 0. The van der Waals surface area contributed by atoms with Crippen LogP contribution in [0.2, 0.25) is 0 Å². The minimum Gasteiger partial charge on any atom is -0.412 e. The van der Waals surface area contributed by atoms with Gasteiger partial charge in [0.25, 0.3) is 5.69 Å². The third-order valence-electron chi connectivity index (χ3n) is 1.65. The van der Waals surface area contributed by atoms with Crippen LogP contribution in [0.5, 0.6) is 0 Å². The van der Waals surface area contributed by atoms with Crippen molar-refractivity contribution in [3.8, 4) is 0 Å². The molecule has 0 bridgehead atoms. The Hall–Kier alpha value is -1.18. The van der Waals surface area contributed by atoms with Crippen LogP contribution in [0.25, 0.3) is 0 Å². The van der Waals surface area contributed by atoms with E-state index in [9.17, 15) is 14.5 Å². The lowest BCUT2D eigenvalue weighted by atomic mass is 10.2. The Kier molecular flexibility index (Phi) is 10.7. The Morgan fingerprint density at radius 2 is 2.06 bits per heavy atom. The van der Waals surface area contributed by atoms with Crippen LogP contribution in [0, 0.1) is 15.9 Å². The highest BCUT2D eigenvalue weighted by Gasteiger charge is 2.09. The number of rotatable bonds is 4. The summed E-state index contributed by atoms with van der Waals surface area (Å²) >= 11 is 1.37. The highest BCUT2D eigenvalue weighted by atomic mass is 32.2. The minimum absolute atomic E-state index is 0. The van der Waals surface area contributed by atoms with Gasteiger partial charge in [0, 0.05) is 18.2 Å². The van der Waals surface area contributed by atoms with Crippen molar-refractivity contribution in [3.05, 3.63) is 39.7 Å². The first-order chi connectivity index (χ1) is 7.65. The standard InChI is InChI=1S/C8H9FN2O2S.C2H6.H2O/c1-14-10-5-6-2-3-7(11(12)13)4-8(6)9;1-2;/h2-4,10H,5H2,1H3;1-2H3;1H2. The Balaban J connectivity index is 0. The van der Waals surface area contributed by atoms with E-state index in [0.717, 1.165) is 6.07 Å². The van der Waals surface area contributed by atoms with E-state index in [1.807, 2.05) is 20.1 Å². The lowest BCUT2D eigenvalue weighted by Gasteiger charge is -2.02. The van der Waals surface area contributed by atoms with E-state index in [2.05, 4.69) is 4.72 Å². The maximum atomic E-state index is 13.2. The summed E-state index contributed by atoms with van der Waals surface area (Å²) in [6.45, 7) is 4.35. The molecule has 0 fully saturated rings. The van der Waals surface area contributed by atoms with Crippen LogP contribution in [-0.2, 0) is 6.54 Å². The largest absolute Gasteiger partial charge is 0.412 e. The number of nitro groups is 1. The molecule has 98 valence electrons. The van der Waals surface area contributed by atoms with Gasteiger partial charge in [-0.25, -0.2) is 4.39 Å². The number of non-ortho nitro benzene ring substituents is 1. The molecule has 1 aromatic carbocycles. The van der Waals surface area contributed by atoms with E-state index < -0.39 is 10.7 Å². The number of hydrogen-bond donors (Lipinski definition) is 1. The molecule has 0 saturated heterocycles. The van der Waals surface area contributed by atoms with Crippen molar-refractivity contribution in [1.29, 1.82) is 0 Å². The molecular formula is C10H17FN2O3S. The van der Waals surface area contributed by atoms with Crippen molar-refractivity contribution in [1.82, 2.24) is 4.72 Å². The van der Waals surface area contributed by atoms with Gasteiger partial charge in [-0.1, -0.05) is 25.8 Å². The molecule has 0 radical (unpaired) electrons. The zero-order chi connectivity index (χ0) is 12.6. The molecule has 0 aliphatic heterocycles. The van der Waals surface area contributed by atoms with Crippen LogP contribution >= 0.6 is 11.9 Å². The number of benzene rings is 1. The number of nitro benzene ring substituents is 1. The van der Waals surface area contributed by atoms with Gasteiger partial charge in [0.05, 0.1) is 11.0 Å². The molecule has 1 rings (SSSR count). The first-order valence-electron chi connectivity index (χ1n) is 4.84. The van der Waals surface area contributed by atoms with Crippen molar-refractivity contribution in [2.75, 3.05) is 6.26 Å². The molecule has 0 heterocycles. The van der Waals surface area contributed by atoms with Crippen LogP contribution < -0.4 is 4.72 Å². The molecule has 0 atom stereocenters. The molecule has 0 spiro atoms. The van der Waals surface area contributed by atoms with Gasteiger partial charge in [-0.3, -0.25) is 14.8 Å². The van der Waals surface area contributed by atoms with Gasteiger partial charge in [0.2, 0.25) is 0 Å². The summed E-state index contributed by atoms with van der Waals surface area (Å²) in [4.78, 5) is 9.68. The summed E-state index contributed by atoms with van der Waals surface area (Å²) in [6, 6.07) is 3.63. The fourth-order valence-electron chi connectivity index (χ4n) is 0.943. The quantitative estimate of drug-likeness (QED) is 0.513. The van der Waals surface area contributed by atoms with E-state index in [1.54, 1.807) is 0 Å². The minimum atomic E-state index is -0.616. The maximum absolute atomic E-state index is 13.2. The van der Waals surface area contributed by atoms with Gasteiger partial charge >= 0.3 is 0 Å². The Labute approximate surface area is 104 Å². The van der Waals surface area contributed by atoms with E-state index in [0.29, 0.717) is 12.1 Å². The molecule has 0 aliphatic rings. The van der Waals surface area contributed by atoms with Crippen molar-refractivity contribution >= 4 is 17.6 Å². The third kappa shape index (κ3) is 6.20. The third-order valence-corrected chi connectivity index (χ3v) is 2.09. The topological polar surface area (TPSA) is 86.7 Å². The predicted octanol–water partition coefficient (Wildman–Crippen LogP) is 2.30. The highest BCUT2D eigenvalue weighted by Crippen LogP contribution is 2.16. The van der Waals surface area contributed by atoms with Gasteiger partial charge in [-0.05, 0) is 12.3 Å². The van der Waals surface area contributed by atoms with Gasteiger partial charge in [-0.2, -0.15) is 0 Å². The number of halogens is 1. The lowest BCUT2D eigenvalue weighted by Crippen LogP contribution is -2.04. The van der Waals surface area contributed by atoms with Crippen molar-refractivity contribution in [2.24, 2.45) is 0 Å². The molecule has 17 heavy (non-hydrogen) atoms. The molecular weight excluding hydrogens is 247 g/mol. The van der Waals surface area contributed by atoms with Crippen LogP contribution in [0.3, 0.4) is 0 Å². The molecule has 0 saturated carbocycles. The average molecular weight is 264 g/mol. The zero-order valence-corrected chi connectivity index (χ0v) is 10.8. The molecule has 3 N–H and O–H groups in total. The van der Waals surface area contributed by atoms with Crippen LogP contribution in [0.1, 0.15) is 19.4 Å². The van der Waals surface area contributed by atoms with Gasteiger partial charge in [0.15, 0.2) is 0 Å². The summed E-state index contributed by atoms with van der Waals surface area (Å²) in [5, 5.41) is 10.3. The fourth-order valence-corrected chi connectivity index (χ4v) is 1.24.